The minimum Gasteiger partial charge on any atom is -0.493 e. The molecule has 3 nitrogen and oxygen atoms in total. The van der Waals surface area contributed by atoms with Crippen molar-refractivity contribution < 1.29 is 9.15 Å². The number of ether oxygens (including phenoxy) is 1. The van der Waals surface area contributed by atoms with Crippen LogP contribution in [-0.4, -0.2) is 20.2 Å². The average molecular weight is 382 g/mol. The molecule has 0 radical (unpaired) electrons. The quantitative estimate of drug-likeness (QED) is 0.463. The van der Waals surface area contributed by atoms with Gasteiger partial charge >= 0.3 is 0 Å². The molecule has 1 N–H and O–H groups in total. The Hall–Kier alpha value is -1.00. The van der Waals surface area contributed by atoms with Crippen LogP contribution in [0, 0.1) is 0 Å². The number of unbranched alkanes of at least 4 members (excludes halogenated alkanes) is 7. The van der Waals surface area contributed by atoms with Crippen molar-refractivity contribution in [1.82, 2.24) is 5.32 Å². The van der Waals surface area contributed by atoms with Crippen molar-refractivity contribution >= 4 is 26.9 Å². The molecule has 4 heteroatoms. The Morgan fingerprint density at radius 3 is 2.39 bits per heavy atom. The molecule has 0 aliphatic carbocycles. The Kier molecular flexibility index (Phi) is 8.54. The van der Waals surface area contributed by atoms with Gasteiger partial charge in [0.1, 0.15) is 5.75 Å². The second-order valence-corrected chi connectivity index (χ2v) is 6.84. The molecule has 1 aromatic carbocycles. The second kappa shape index (κ2) is 10.7. The summed E-state index contributed by atoms with van der Waals surface area (Å²) in [7, 11) is 2.02. The van der Waals surface area contributed by atoms with Gasteiger partial charge < -0.3 is 14.5 Å². The van der Waals surface area contributed by atoms with E-state index in [1.807, 2.05) is 25.2 Å². The first-order valence-electron chi connectivity index (χ1n) is 8.76. The van der Waals surface area contributed by atoms with Crippen LogP contribution in [-0.2, 0) is 0 Å². The summed E-state index contributed by atoms with van der Waals surface area (Å²) in [5.74, 6) is 0.918. The van der Waals surface area contributed by atoms with Crippen LogP contribution in [0.25, 0.3) is 11.0 Å². The summed E-state index contributed by atoms with van der Waals surface area (Å²) in [6.07, 6.45) is 12.1. The van der Waals surface area contributed by atoms with Crippen molar-refractivity contribution in [3.63, 3.8) is 0 Å². The van der Waals surface area contributed by atoms with E-state index in [9.17, 15) is 0 Å². The molecule has 1 aromatic heterocycles. The van der Waals surface area contributed by atoms with E-state index >= 15 is 0 Å². The van der Waals surface area contributed by atoms with Crippen LogP contribution in [0.5, 0.6) is 5.75 Å². The molecule has 0 aliphatic rings. The minimum absolute atomic E-state index is 0.782. The Morgan fingerprint density at radius 2 is 1.65 bits per heavy atom. The third-order valence-corrected chi connectivity index (χ3v) is 4.73. The number of nitrogens with one attached hydrogen (secondary N) is 1. The van der Waals surface area contributed by atoms with E-state index in [4.69, 9.17) is 9.15 Å². The number of hydrogen-bond acceptors (Lipinski definition) is 3. The molecule has 0 bridgehead atoms. The van der Waals surface area contributed by atoms with Gasteiger partial charge in [0, 0.05) is 0 Å². The van der Waals surface area contributed by atoms with E-state index < -0.39 is 0 Å². The zero-order chi connectivity index (χ0) is 16.3. The monoisotopic (exact) mass is 381 g/mol. The van der Waals surface area contributed by atoms with Gasteiger partial charge in [-0.2, -0.15) is 0 Å². The molecule has 0 saturated carbocycles. The van der Waals surface area contributed by atoms with Crippen molar-refractivity contribution in [3.8, 4) is 5.75 Å². The number of halogens is 1. The Balaban J connectivity index is 1.54. The molecule has 0 unspecified atom stereocenters. The van der Waals surface area contributed by atoms with Crippen molar-refractivity contribution in [2.24, 2.45) is 0 Å². The van der Waals surface area contributed by atoms with Crippen molar-refractivity contribution in [1.29, 1.82) is 0 Å². The summed E-state index contributed by atoms with van der Waals surface area (Å²) in [6, 6.07) is 5.95. The van der Waals surface area contributed by atoms with E-state index in [0.717, 1.165) is 40.8 Å². The van der Waals surface area contributed by atoms with E-state index in [0.29, 0.717) is 0 Å². The third-order valence-electron chi connectivity index (χ3n) is 4.11. The van der Waals surface area contributed by atoms with E-state index in [-0.39, 0.29) is 0 Å². The lowest BCUT2D eigenvalue weighted by Crippen LogP contribution is -2.06. The zero-order valence-electron chi connectivity index (χ0n) is 14.1. The standard InChI is InChI=1S/C19H28BrNO2/c1-21-13-8-6-4-2-3-5-7-9-14-22-18-11-10-17(20)19-16(18)12-15-23-19/h10-12,15,21H,2-9,13-14H2,1H3. The van der Waals surface area contributed by atoms with Gasteiger partial charge in [0.25, 0.3) is 0 Å². The summed E-state index contributed by atoms with van der Waals surface area (Å²) in [5, 5.41) is 4.24. The number of fused-ring (bicyclic) bond motifs is 1. The van der Waals surface area contributed by atoms with E-state index in [1.165, 1.54) is 44.9 Å². The summed E-state index contributed by atoms with van der Waals surface area (Å²) < 4.78 is 12.4. The van der Waals surface area contributed by atoms with Crippen LogP contribution in [0.4, 0.5) is 0 Å². The molecular formula is C19H28BrNO2. The fourth-order valence-corrected chi connectivity index (χ4v) is 3.21. The van der Waals surface area contributed by atoms with E-state index in [1.54, 1.807) is 6.26 Å². The summed E-state index contributed by atoms with van der Waals surface area (Å²) in [6.45, 7) is 1.93. The Morgan fingerprint density at radius 1 is 0.957 bits per heavy atom. The largest absolute Gasteiger partial charge is 0.493 e. The molecule has 0 spiro atoms. The van der Waals surface area contributed by atoms with Crippen LogP contribution in [0.2, 0.25) is 0 Å². The van der Waals surface area contributed by atoms with E-state index in [2.05, 4.69) is 21.2 Å². The van der Waals surface area contributed by atoms with Crippen LogP contribution in [0.1, 0.15) is 51.4 Å². The van der Waals surface area contributed by atoms with Gasteiger partial charge in [0.2, 0.25) is 0 Å². The molecular weight excluding hydrogens is 354 g/mol. The SMILES string of the molecule is CNCCCCCCCCCCOc1ccc(Br)c2occc12. The lowest BCUT2D eigenvalue weighted by molar-refractivity contribution is 0.307. The maximum atomic E-state index is 5.92. The Bertz CT molecular complexity index is 567. The molecule has 0 atom stereocenters. The summed E-state index contributed by atoms with van der Waals surface area (Å²) in [5.41, 5.74) is 0.862. The van der Waals surface area contributed by atoms with Gasteiger partial charge in [-0.15, -0.1) is 0 Å². The normalized spacial score (nSPS) is 11.2. The predicted molar refractivity (Wildman–Crippen MR) is 100 cm³/mol. The molecule has 2 aromatic rings. The van der Waals surface area contributed by atoms with Crippen LogP contribution in [0.3, 0.4) is 0 Å². The number of hydrogen-bond donors (Lipinski definition) is 1. The topological polar surface area (TPSA) is 34.4 Å². The summed E-state index contributed by atoms with van der Waals surface area (Å²) >= 11 is 3.49. The predicted octanol–water partition coefficient (Wildman–Crippen LogP) is 5.91. The first kappa shape index (κ1) is 18.3. The highest BCUT2D eigenvalue weighted by Gasteiger charge is 2.08. The third kappa shape index (κ3) is 6.19. The van der Waals surface area contributed by atoms with Gasteiger partial charge in [-0.1, -0.05) is 38.5 Å². The first-order chi connectivity index (χ1) is 11.3. The number of furan rings is 1. The zero-order valence-corrected chi connectivity index (χ0v) is 15.7. The highest BCUT2D eigenvalue weighted by atomic mass is 79.9. The lowest BCUT2D eigenvalue weighted by atomic mass is 10.1. The smallest absolute Gasteiger partial charge is 0.151 e. The molecule has 0 amide bonds. The van der Waals surface area contributed by atoms with Gasteiger partial charge in [0.15, 0.2) is 5.58 Å². The molecule has 0 fully saturated rings. The fourth-order valence-electron chi connectivity index (χ4n) is 2.78. The fraction of sp³-hybridized carbons (Fsp3) is 0.579. The highest BCUT2D eigenvalue weighted by Crippen LogP contribution is 2.32. The summed E-state index contributed by atoms with van der Waals surface area (Å²) in [4.78, 5) is 0. The van der Waals surface area contributed by atoms with Gasteiger partial charge in [-0.3, -0.25) is 0 Å². The van der Waals surface area contributed by atoms with Gasteiger partial charge in [-0.05, 0) is 60.6 Å². The Labute approximate surface area is 147 Å². The van der Waals surface area contributed by atoms with Crippen molar-refractivity contribution in [2.75, 3.05) is 20.2 Å². The lowest BCUT2D eigenvalue weighted by Gasteiger charge is -2.08. The number of benzene rings is 1. The molecule has 1 heterocycles. The average Bonchev–Trinajstić information content (AvgIpc) is 3.05. The van der Waals surface area contributed by atoms with Crippen molar-refractivity contribution in [2.45, 2.75) is 51.4 Å². The minimum atomic E-state index is 0.782. The highest BCUT2D eigenvalue weighted by molar-refractivity contribution is 9.10. The first-order valence-corrected chi connectivity index (χ1v) is 9.55. The van der Waals surface area contributed by atoms with Crippen LogP contribution < -0.4 is 10.1 Å². The van der Waals surface area contributed by atoms with Gasteiger partial charge in [0.05, 0.1) is 22.7 Å². The van der Waals surface area contributed by atoms with Crippen molar-refractivity contribution in [3.05, 3.63) is 28.9 Å². The number of rotatable bonds is 12. The van der Waals surface area contributed by atoms with Crippen LogP contribution >= 0.6 is 15.9 Å². The molecule has 2 rings (SSSR count). The molecule has 0 aliphatic heterocycles. The van der Waals surface area contributed by atoms with Crippen LogP contribution in [0.15, 0.2) is 33.4 Å². The molecule has 0 saturated heterocycles. The second-order valence-electron chi connectivity index (χ2n) is 5.99. The molecule has 128 valence electrons. The maximum absolute atomic E-state index is 5.92. The maximum Gasteiger partial charge on any atom is 0.151 e. The van der Waals surface area contributed by atoms with Gasteiger partial charge in [-0.25, -0.2) is 0 Å². The molecule has 23 heavy (non-hydrogen) atoms.